The summed E-state index contributed by atoms with van der Waals surface area (Å²) in [4.78, 5) is 16.2. The zero-order valence-electron chi connectivity index (χ0n) is 12.0. The van der Waals surface area contributed by atoms with Gasteiger partial charge in [0.2, 0.25) is 5.91 Å². The van der Waals surface area contributed by atoms with E-state index in [2.05, 4.69) is 15.4 Å². The van der Waals surface area contributed by atoms with Gasteiger partial charge in [-0.1, -0.05) is 6.07 Å². The molecule has 20 heavy (non-hydrogen) atoms. The standard InChI is InChI=1S/C14H19N5O/c1-9-5-4-6-12(17-9)7-16-13(20)8-19-11(3)14(15)10(2)18-19/h4-6H,7-8,15H2,1-3H3,(H,16,20). The molecular formula is C14H19N5O. The summed E-state index contributed by atoms with van der Waals surface area (Å²) in [5, 5.41) is 7.06. The van der Waals surface area contributed by atoms with E-state index in [1.807, 2.05) is 39.0 Å². The van der Waals surface area contributed by atoms with Gasteiger partial charge in [0.1, 0.15) is 6.54 Å². The van der Waals surface area contributed by atoms with Gasteiger partial charge in [0.15, 0.2) is 0 Å². The average Bonchev–Trinajstić information content (AvgIpc) is 2.64. The van der Waals surface area contributed by atoms with Crippen molar-refractivity contribution in [2.75, 3.05) is 5.73 Å². The first-order valence-corrected chi connectivity index (χ1v) is 6.46. The Balaban J connectivity index is 1.94. The lowest BCUT2D eigenvalue weighted by Crippen LogP contribution is -2.28. The minimum absolute atomic E-state index is 0.112. The Morgan fingerprint density at radius 3 is 2.70 bits per heavy atom. The number of pyridine rings is 1. The van der Waals surface area contributed by atoms with Gasteiger partial charge in [0.05, 0.1) is 29.3 Å². The fourth-order valence-electron chi connectivity index (χ4n) is 1.94. The van der Waals surface area contributed by atoms with E-state index < -0.39 is 0 Å². The molecule has 0 saturated carbocycles. The van der Waals surface area contributed by atoms with Crippen molar-refractivity contribution in [3.63, 3.8) is 0 Å². The highest BCUT2D eigenvalue weighted by molar-refractivity contribution is 5.75. The Hall–Kier alpha value is -2.37. The summed E-state index contributed by atoms with van der Waals surface area (Å²) >= 11 is 0. The molecule has 0 fully saturated rings. The van der Waals surface area contributed by atoms with Gasteiger partial charge in [-0.25, -0.2) is 0 Å². The van der Waals surface area contributed by atoms with Crippen LogP contribution in [0.2, 0.25) is 0 Å². The van der Waals surface area contributed by atoms with Gasteiger partial charge < -0.3 is 11.1 Å². The Morgan fingerprint density at radius 2 is 2.10 bits per heavy atom. The molecule has 0 spiro atoms. The molecule has 0 bridgehead atoms. The zero-order chi connectivity index (χ0) is 14.7. The predicted octanol–water partition coefficient (Wildman–Crippen LogP) is 1.10. The number of carbonyl (C=O) groups is 1. The van der Waals surface area contributed by atoms with Crippen molar-refractivity contribution in [2.45, 2.75) is 33.9 Å². The third kappa shape index (κ3) is 3.14. The molecule has 0 aliphatic heterocycles. The van der Waals surface area contributed by atoms with E-state index in [0.717, 1.165) is 22.8 Å². The molecule has 2 heterocycles. The number of rotatable bonds is 4. The molecule has 0 aliphatic rings. The number of aryl methyl sites for hydroxylation is 2. The lowest BCUT2D eigenvalue weighted by atomic mass is 10.3. The maximum absolute atomic E-state index is 11.9. The van der Waals surface area contributed by atoms with Crippen molar-refractivity contribution in [3.8, 4) is 0 Å². The number of aromatic nitrogens is 3. The molecule has 106 valence electrons. The third-order valence-corrected chi connectivity index (χ3v) is 3.14. The lowest BCUT2D eigenvalue weighted by Gasteiger charge is -2.07. The first-order valence-electron chi connectivity index (χ1n) is 6.46. The highest BCUT2D eigenvalue weighted by Crippen LogP contribution is 2.14. The van der Waals surface area contributed by atoms with Gasteiger partial charge in [-0.3, -0.25) is 14.5 Å². The third-order valence-electron chi connectivity index (χ3n) is 3.14. The summed E-state index contributed by atoms with van der Waals surface area (Å²) in [6.45, 7) is 6.17. The molecule has 6 heteroatoms. The summed E-state index contributed by atoms with van der Waals surface area (Å²) in [7, 11) is 0. The number of nitrogens with zero attached hydrogens (tertiary/aromatic N) is 3. The quantitative estimate of drug-likeness (QED) is 0.873. The maximum Gasteiger partial charge on any atom is 0.242 e. The molecule has 0 aromatic carbocycles. The van der Waals surface area contributed by atoms with Crippen LogP contribution in [0.5, 0.6) is 0 Å². The summed E-state index contributed by atoms with van der Waals surface area (Å²) in [5.41, 5.74) is 9.80. The molecule has 0 atom stereocenters. The summed E-state index contributed by atoms with van der Waals surface area (Å²) in [6, 6.07) is 5.73. The largest absolute Gasteiger partial charge is 0.396 e. The topological polar surface area (TPSA) is 85.8 Å². The van der Waals surface area contributed by atoms with Gasteiger partial charge >= 0.3 is 0 Å². The first kappa shape index (κ1) is 14.0. The zero-order valence-corrected chi connectivity index (χ0v) is 12.0. The minimum Gasteiger partial charge on any atom is -0.396 e. The fourth-order valence-corrected chi connectivity index (χ4v) is 1.94. The highest BCUT2D eigenvalue weighted by atomic mass is 16.2. The second-order valence-electron chi connectivity index (χ2n) is 4.79. The van der Waals surface area contributed by atoms with Crippen LogP contribution in [-0.4, -0.2) is 20.7 Å². The number of nitrogens with two attached hydrogens (primary N) is 1. The van der Waals surface area contributed by atoms with E-state index in [4.69, 9.17) is 5.73 Å². The van der Waals surface area contributed by atoms with Gasteiger partial charge in [0, 0.05) is 5.69 Å². The monoisotopic (exact) mass is 273 g/mol. The molecule has 0 radical (unpaired) electrons. The smallest absolute Gasteiger partial charge is 0.242 e. The summed E-state index contributed by atoms with van der Waals surface area (Å²) in [6.07, 6.45) is 0. The van der Waals surface area contributed by atoms with E-state index in [-0.39, 0.29) is 12.5 Å². The van der Waals surface area contributed by atoms with Crippen LogP contribution < -0.4 is 11.1 Å². The van der Waals surface area contributed by atoms with E-state index in [1.165, 1.54) is 0 Å². The van der Waals surface area contributed by atoms with Crippen molar-refractivity contribution in [2.24, 2.45) is 0 Å². The van der Waals surface area contributed by atoms with E-state index in [9.17, 15) is 4.79 Å². The number of hydrogen-bond acceptors (Lipinski definition) is 4. The fraction of sp³-hybridized carbons (Fsp3) is 0.357. The summed E-state index contributed by atoms with van der Waals surface area (Å²) < 4.78 is 1.61. The molecule has 6 nitrogen and oxygen atoms in total. The van der Waals surface area contributed by atoms with Gasteiger partial charge in [-0.15, -0.1) is 0 Å². The Bertz CT molecular complexity index is 632. The van der Waals surface area contributed by atoms with Crippen LogP contribution in [0.25, 0.3) is 0 Å². The first-order chi connectivity index (χ1) is 9.47. The predicted molar refractivity (Wildman–Crippen MR) is 76.9 cm³/mol. The van der Waals surface area contributed by atoms with Gasteiger partial charge in [-0.05, 0) is 32.9 Å². The maximum atomic E-state index is 11.9. The number of nitrogens with one attached hydrogen (secondary N) is 1. The lowest BCUT2D eigenvalue weighted by molar-refractivity contribution is -0.122. The average molecular weight is 273 g/mol. The van der Waals surface area contributed by atoms with Crippen LogP contribution in [0.1, 0.15) is 22.8 Å². The number of anilines is 1. The van der Waals surface area contributed by atoms with Crippen LogP contribution in [-0.2, 0) is 17.9 Å². The normalized spacial score (nSPS) is 10.6. The highest BCUT2D eigenvalue weighted by Gasteiger charge is 2.11. The Morgan fingerprint density at radius 1 is 1.35 bits per heavy atom. The minimum atomic E-state index is -0.112. The number of nitrogen functional groups attached to an aromatic ring is 1. The van der Waals surface area contributed by atoms with Gasteiger partial charge in [0.25, 0.3) is 0 Å². The molecular weight excluding hydrogens is 254 g/mol. The number of carbonyl (C=O) groups excluding carboxylic acids is 1. The molecule has 3 N–H and O–H groups in total. The molecule has 1 amide bonds. The van der Waals surface area contributed by atoms with Crippen molar-refractivity contribution in [3.05, 3.63) is 41.0 Å². The molecule has 0 aliphatic carbocycles. The van der Waals surface area contributed by atoms with Crippen LogP contribution in [0, 0.1) is 20.8 Å². The molecule has 0 unspecified atom stereocenters. The van der Waals surface area contributed by atoms with E-state index >= 15 is 0 Å². The molecule has 2 rings (SSSR count). The van der Waals surface area contributed by atoms with Crippen molar-refractivity contribution in [1.82, 2.24) is 20.1 Å². The molecule has 0 saturated heterocycles. The van der Waals surface area contributed by atoms with Crippen molar-refractivity contribution >= 4 is 11.6 Å². The Kier molecular flexibility index (Phi) is 4.02. The number of hydrogen-bond donors (Lipinski definition) is 2. The van der Waals surface area contributed by atoms with Crippen molar-refractivity contribution in [1.29, 1.82) is 0 Å². The van der Waals surface area contributed by atoms with Crippen LogP contribution in [0.3, 0.4) is 0 Å². The van der Waals surface area contributed by atoms with Crippen LogP contribution in [0.15, 0.2) is 18.2 Å². The SMILES string of the molecule is Cc1cccc(CNC(=O)Cn2nc(C)c(N)c2C)n1. The van der Waals surface area contributed by atoms with E-state index in [1.54, 1.807) is 4.68 Å². The van der Waals surface area contributed by atoms with E-state index in [0.29, 0.717) is 12.2 Å². The van der Waals surface area contributed by atoms with Gasteiger partial charge in [-0.2, -0.15) is 5.10 Å². The van der Waals surface area contributed by atoms with Crippen molar-refractivity contribution < 1.29 is 4.79 Å². The number of amides is 1. The Labute approximate surface area is 118 Å². The second-order valence-corrected chi connectivity index (χ2v) is 4.79. The second kappa shape index (κ2) is 5.73. The van der Waals surface area contributed by atoms with Crippen LogP contribution >= 0.6 is 0 Å². The molecule has 2 aromatic heterocycles. The molecule has 2 aromatic rings. The van der Waals surface area contributed by atoms with Crippen LogP contribution in [0.4, 0.5) is 5.69 Å². The summed E-state index contributed by atoms with van der Waals surface area (Å²) in [5.74, 6) is -0.112.